The summed E-state index contributed by atoms with van der Waals surface area (Å²) in [5, 5.41) is 4.19. The van der Waals surface area contributed by atoms with E-state index in [2.05, 4.69) is 29.4 Å². The van der Waals surface area contributed by atoms with Gasteiger partial charge in [0, 0.05) is 46.5 Å². The molecule has 1 aliphatic heterocycles. The fourth-order valence-electron chi connectivity index (χ4n) is 7.35. The number of quaternary nitrogens is 1. The van der Waals surface area contributed by atoms with Crippen LogP contribution >= 0.6 is 11.6 Å². The van der Waals surface area contributed by atoms with Crippen molar-refractivity contribution in [2.75, 3.05) is 19.8 Å². The van der Waals surface area contributed by atoms with Gasteiger partial charge >= 0.3 is 0 Å². The first-order chi connectivity index (χ1) is 21.2. The second-order valence-corrected chi connectivity index (χ2v) is 12.5. The minimum absolute atomic E-state index is 0.0309. The molecule has 4 atom stereocenters. The van der Waals surface area contributed by atoms with Crippen LogP contribution in [0.25, 0.3) is 22.0 Å². The van der Waals surface area contributed by atoms with Crippen molar-refractivity contribution in [2.45, 2.75) is 58.7 Å². The molecule has 1 saturated heterocycles. The van der Waals surface area contributed by atoms with Gasteiger partial charge < -0.3 is 24.7 Å². The predicted octanol–water partition coefficient (Wildman–Crippen LogP) is 5.54. The Hall–Kier alpha value is -3.88. The summed E-state index contributed by atoms with van der Waals surface area (Å²) in [6, 6.07) is 15.9. The molecule has 1 saturated carbocycles. The van der Waals surface area contributed by atoms with Crippen molar-refractivity contribution < 1.29 is 23.6 Å². The van der Waals surface area contributed by atoms with Gasteiger partial charge in [-0.2, -0.15) is 0 Å². The molecule has 0 radical (unpaired) electrons. The number of benzene rings is 3. The van der Waals surface area contributed by atoms with E-state index >= 15 is 0 Å². The summed E-state index contributed by atoms with van der Waals surface area (Å²) in [5.74, 6) is 0.812. The van der Waals surface area contributed by atoms with Crippen LogP contribution in [0.15, 0.2) is 65.6 Å². The van der Waals surface area contributed by atoms with Crippen LogP contribution in [0, 0.1) is 11.2 Å². The van der Waals surface area contributed by atoms with Crippen LogP contribution in [-0.2, 0) is 6.54 Å². The van der Waals surface area contributed by atoms with E-state index in [4.69, 9.17) is 21.1 Å². The molecule has 44 heavy (non-hydrogen) atoms. The number of halogens is 2. The Labute approximate surface area is 261 Å². The highest BCUT2D eigenvalue weighted by molar-refractivity contribution is 6.31. The second kappa shape index (κ2) is 12.3. The van der Waals surface area contributed by atoms with E-state index in [-0.39, 0.29) is 34.2 Å². The maximum atomic E-state index is 13.7. The van der Waals surface area contributed by atoms with Gasteiger partial charge in [-0.05, 0) is 68.3 Å². The monoisotopic (exact) mass is 618 g/mol. The van der Waals surface area contributed by atoms with E-state index < -0.39 is 0 Å². The number of rotatable bonds is 9. The molecular formula is C35H38ClFN3O4+. The van der Waals surface area contributed by atoms with Gasteiger partial charge in [-0.25, -0.2) is 4.39 Å². The lowest BCUT2D eigenvalue weighted by atomic mass is 9.81. The van der Waals surface area contributed by atoms with Crippen LogP contribution in [0.3, 0.4) is 0 Å². The van der Waals surface area contributed by atoms with Crippen molar-refractivity contribution in [1.29, 1.82) is 0 Å². The number of aromatic amines is 1. The summed E-state index contributed by atoms with van der Waals surface area (Å²) in [5.41, 5.74) is 3.10. The minimum atomic E-state index is -0.345. The van der Waals surface area contributed by atoms with Crippen molar-refractivity contribution in [2.24, 2.45) is 5.41 Å². The lowest BCUT2D eigenvalue weighted by molar-refractivity contribution is -0.928. The average Bonchev–Trinajstić information content (AvgIpc) is 3.48. The minimum Gasteiger partial charge on any atom is -0.493 e. The number of carbonyl (C=O) groups excluding carboxylic acids is 1. The molecule has 230 valence electrons. The van der Waals surface area contributed by atoms with Gasteiger partial charge in [0.25, 0.3) is 5.91 Å². The SMILES string of the molecule is CCOc1cc(C[NH+]2CCC3(C)C(NC(=O)c4c[nH]c5cc(Cl)ccc5c4=O)CC[C@@H]23)cc(OCC)c1-c1ccc(F)cc1. The maximum absolute atomic E-state index is 13.7. The van der Waals surface area contributed by atoms with Crippen molar-refractivity contribution in [3.05, 3.63) is 93.0 Å². The predicted molar refractivity (Wildman–Crippen MR) is 170 cm³/mol. The van der Waals surface area contributed by atoms with Crippen LogP contribution in [0.4, 0.5) is 4.39 Å². The van der Waals surface area contributed by atoms with Gasteiger partial charge in [0.1, 0.15) is 29.4 Å². The Morgan fingerprint density at radius 2 is 1.77 bits per heavy atom. The van der Waals surface area contributed by atoms with Gasteiger partial charge in [-0.3, -0.25) is 9.59 Å². The van der Waals surface area contributed by atoms with Crippen molar-refractivity contribution >= 4 is 28.4 Å². The zero-order valence-corrected chi connectivity index (χ0v) is 26.0. The number of carbonyl (C=O) groups is 1. The first-order valence-corrected chi connectivity index (χ1v) is 15.7. The number of ether oxygens (including phenoxy) is 2. The normalized spacial score (nSPS) is 22.6. The van der Waals surface area contributed by atoms with E-state index in [9.17, 15) is 14.0 Å². The molecule has 3 unspecified atom stereocenters. The number of pyridine rings is 1. The third-order valence-electron chi connectivity index (χ3n) is 9.50. The standard InChI is InChI=1S/C35H37ClFN3O4/c1-4-43-28-16-21(17-29(44-5-2)32(28)22-6-9-24(37)10-7-22)20-40-15-14-35(3)30(12-13-31(35)40)39-34(42)26-19-38-27-18-23(36)8-11-25(27)33(26)41/h6-11,16-19,30-31H,4-5,12-15,20H2,1-3H3,(H,38,41)(H,39,42)/p+1/t30?,31-,35?/m1/s1. The third-order valence-corrected chi connectivity index (χ3v) is 9.73. The van der Waals surface area contributed by atoms with Gasteiger partial charge in [0.15, 0.2) is 0 Å². The summed E-state index contributed by atoms with van der Waals surface area (Å²) < 4.78 is 25.9. The smallest absolute Gasteiger partial charge is 0.257 e. The summed E-state index contributed by atoms with van der Waals surface area (Å²) in [6.45, 7) is 8.92. The van der Waals surface area contributed by atoms with E-state index in [1.54, 1.807) is 30.3 Å². The Balaban J connectivity index is 1.22. The van der Waals surface area contributed by atoms with Crippen molar-refractivity contribution in [1.82, 2.24) is 10.3 Å². The molecule has 0 spiro atoms. The van der Waals surface area contributed by atoms with Gasteiger partial charge in [0.2, 0.25) is 5.43 Å². The van der Waals surface area contributed by atoms with E-state index in [0.717, 1.165) is 60.5 Å². The summed E-state index contributed by atoms with van der Waals surface area (Å²) in [7, 11) is 0. The van der Waals surface area contributed by atoms with E-state index in [0.29, 0.717) is 35.2 Å². The molecule has 0 bridgehead atoms. The van der Waals surface area contributed by atoms with Gasteiger partial charge in [0.05, 0.1) is 36.9 Å². The van der Waals surface area contributed by atoms with Gasteiger partial charge in [-0.1, -0.05) is 30.7 Å². The number of likely N-dealkylation sites (tertiary alicyclic amines) is 1. The number of hydrogen-bond donors (Lipinski definition) is 3. The highest BCUT2D eigenvalue weighted by atomic mass is 35.5. The summed E-state index contributed by atoms with van der Waals surface area (Å²) in [4.78, 5) is 31.0. The van der Waals surface area contributed by atoms with Crippen LogP contribution < -0.4 is 25.1 Å². The van der Waals surface area contributed by atoms with Crippen molar-refractivity contribution in [3.63, 3.8) is 0 Å². The molecule has 4 aromatic rings. The summed E-state index contributed by atoms with van der Waals surface area (Å²) in [6.07, 6.45) is 4.29. The lowest BCUT2D eigenvalue weighted by Gasteiger charge is -2.31. The fourth-order valence-corrected chi connectivity index (χ4v) is 7.53. The van der Waals surface area contributed by atoms with E-state index in [1.165, 1.54) is 23.2 Å². The molecule has 7 nitrogen and oxygen atoms in total. The van der Waals surface area contributed by atoms with Crippen LogP contribution in [0.1, 0.15) is 56.0 Å². The molecule has 2 fully saturated rings. The van der Waals surface area contributed by atoms with Crippen LogP contribution in [0.2, 0.25) is 5.02 Å². The first kappa shape index (κ1) is 30.2. The Bertz CT molecular complexity index is 1730. The largest absolute Gasteiger partial charge is 0.493 e. The molecule has 6 rings (SSSR count). The van der Waals surface area contributed by atoms with Crippen molar-refractivity contribution in [3.8, 4) is 22.6 Å². The van der Waals surface area contributed by atoms with Crippen LogP contribution in [0.5, 0.6) is 11.5 Å². The molecule has 3 aromatic carbocycles. The number of amides is 1. The Morgan fingerprint density at radius 1 is 1.07 bits per heavy atom. The number of H-pyrrole nitrogens is 1. The van der Waals surface area contributed by atoms with Gasteiger partial charge in [-0.15, -0.1) is 0 Å². The topological polar surface area (TPSA) is 84.9 Å². The zero-order valence-electron chi connectivity index (χ0n) is 25.3. The molecular weight excluding hydrogens is 581 g/mol. The van der Waals surface area contributed by atoms with Crippen LogP contribution in [-0.4, -0.2) is 42.7 Å². The van der Waals surface area contributed by atoms with E-state index in [1.807, 2.05) is 13.8 Å². The fraction of sp³-hybridized carbons (Fsp3) is 0.371. The Morgan fingerprint density at radius 3 is 2.45 bits per heavy atom. The second-order valence-electron chi connectivity index (χ2n) is 12.1. The maximum Gasteiger partial charge on any atom is 0.257 e. The molecule has 9 heteroatoms. The first-order valence-electron chi connectivity index (χ1n) is 15.4. The molecule has 2 aliphatic rings. The molecule has 1 aromatic heterocycles. The molecule has 1 amide bonds. The average molecular weight is 619 g/mol. The number of fused-ring (bicyclic) bond motifs is 2. The number of aromatic nitrogens is 1. The molecule has 1 aliphatic carbocycles. The summed E-state index contributed by atoms with van der Waals surface area (Å²) >= 11 is 6.07. The number of hydrogen-bond acceptors (Lipinski definition) is 4. The molecule has 2 heterocycles. The molecule has 3 N–H and O–H groups in total. The highest BCUT2D eigenvalue weighted by Crippen LogP contribution is 2.43. The zero-order chi connectivity index (χ0) is 31.0. The quantitative estimate of drug-likeness (QED) is 0.230. The lowest BCUT2D eigenvalue weighted by Crippen LogP contribution is -3.13. The third kappa shape index (κ3) is 5.57. The number of nitrogens with one attached hydrogen (secondary N) is 3. The Kier molecular flexibility index (Phi) is 8.40. The highest BCUT2D eigenvalue weighted by Gasteiger charge is 2.56.